The summed E-state index contributed by atoms with van der Waals surface area (Å²) in [7, 11) is 0. The number of carboxylic acid groups (broad SMARTS) is 1. The Morgan fingerprint density at radius 1 is 1.52 bits per heavy atom. The number of nitrogens with two attached hydrogens (primary N) is 1. The highest BCUT2D eigenvalue weighted by molar-refractivity contribution is 8.26. The van der Waals surface area contributed by atoms with Crippen LogP contribution in [-0.4, -0.2) is 50.3 Å². The van der Waals surface area contributed by atoms with Gasteiger partial charge in [-0.3, -0.25) is 14.5 Å². The highest BCUT2D eigenvalue weighted by atomic mass is 32.2. The number of thiazole rings is 1. The van der Waals surface area contributed by atoms with Crippen LogP contribution in [0.5, 0.6) is 0 Å². The van der Waals surface area contributed by atoms with Crippen LogP contribution in [0.3, 0.4) is 0 Å². The zero-order valence-electron chi connectivity index (χ0n) is 11.8. The van der Waals surface area contributed by atoms with E-state index in [0.29, 0.717) is 0 Å². The first-order valence-corrected chi connectivity index (χ1v) is 8.33. The molecule has 1 amide bonds. The molecule has 1 aromatic heterocycles. The Hall–Kier alpha value is -1.98. The van der Waals surface area contributed by atoms with Gasteiger partial charge < -0.3 is 15.6 Å². The Morgan fingerprint density at radius 3 is 2.74 bits per heavy atom. The van der Waals surface area contributed by atoms with Crippen LogP contribution < -0.4 is 5.73 Å². The van der Waals surface area contributed by atoms with Crippen molar-refractivity contribution in [2.75, 3.05) is 18.9 Å². The van der Waals surface area contributed by atoms with Gasteiger partial charge in [-0.1, -0.05) is 24.0 Å². The van der Waals surface area contributed by atoms with Crippen molar-refractivity contribution >= 4 is 68.2 Å². The second-order valence-corrected chi connectivity index (χ2v) is 6.68. The van der Waals surface area contributed by atoms with E-state index < -0.39 is 24.4 Å². The van der Waals surface area contributed by atoms with Gasteiger partial charge >= 0.3 is 11.9 Å². The monoisotopic (exact) mass is 373 g/mol. The molecule has 122 valence electrons. The van der Waals surface area contributed by atoms with Gasteiger partial charge in [0.15, 0.2) is 5.13 Å². The molecular weight excluding hydrogens is 362 g/mol. The summed E-state index contributed by atoms with van der Waals surface area (Å²) in [5.41, 5.74) is 5.70. The first kappa shape index (κ1) is 17.4. The van der Waals surface area contributed by atoms with Crippen LogP contribution in [0.4, 0.5) is 5.13 Å². The molecule has 0 saturated carbocycles. The first-order valence-electron chi connectivity index (χ1n) is 6.23. The molecule has 2 heterocycles. The lowest BCUT2D eigenvalue weighted by Crippen LogP contribution is -2.33. The Labute approximate surface area is 144 Å². The molecule has 2 rings (SSSR count). The van der Waals surface area contributed by atoms with E-state index in [1.165, 1.54) is 5.38 Å². The normalized spacial score (nSPS) is 16.7. The van der Waals surface area contributed by atoms with Crippen molar-refractivity contribution in [2.24, 2.45) is 0 Å². The number of nitrogen functional groups attached to an aromatic ring is 1. The summed E-state index contributed by atoms with van der Waals surface area (Å²) in [5.74, 6) is -2.62. The maximum Gasteiger partial charge on any atom is 0.341 e. The van der Waals surface area contributed by atoms with Gasteiger partial charge in [0.2, 0.25) is 0 Å². The number of thiocarbonyl (C=S) groups is 1. The Balaban J connectivity index is 2.51. The number of nitrogens with zero attached hydrogens (tertiary/aromatic N) is 2. The molecule has 1 aromatic rings. The minimum atomic E-state index is -1.21. The van der Waals surface area contributed by atoms with Crippen molar-refractivity contribution in [2.45, 2.75) is 6.92 Å². The number of esters is 1. The fourth-order valence-corrected chi connectivity index (χ4v) is 3.61. The van der Waals surface area contributed by atoms with Gasteiger partial charge in [0, 0.05) is 5.38 Å². The molecule has 0 aliphatic carbocycles. The molecule has 0 unspecified atom stereocenters. The second-order valence-electron chi connectivity index (χ2n) is 4.15. The molecule has 0 spiro atoms. The molecule has 1 fully saturated rings. The van der Waals surface area contributed by atoms with E-state index in [-0.39, 0.29) is 32.2 Å². The van der Waals surface area contributed by atoms with Gasteiger partial charge in [-0.15, -0.1) is 11.3 Å². The van der Waals surface area contributed by atoms with Crippen LogP contribution in [0.25, 0.3) is 5.57 Å². The molecule has 1 saturated heterocycles. The third kappa shape index (κ3) is 3.68. The third-order valence-corrected chi connectivity index (χ3v) is 4.75. The third-order valence-electron chi connectivity index (χ3n) is 2.63. The molecular formula is C12H11N3O5S3. The van der Waals surface area contributed by atoms with E-state index in [1.54, 1.807) is 6.92 Å². The van der Waals surface area contributed by atoms with E-state index in [2.05, 4.69) is 4.98 Å². The number of hydrogen-bond donors (Lipinski definition) is 2. The number of anilines is 1. The number of ether oxygens (including phenoxy) is 1. The molecule has 0 radical (unpaired) electrons. The predicted octanol–water partition coefficient (Wildman–Crippen LogP) is 0.944. The van der Waals surface area contributed by atoms with Crippen LogP contribution in [0.2, 0.25) is 0 Å². The highest BCUT2D eigenvalue weighted by Crippen LogP contribution is 2.37. The lowest BCUT2D eigenvalue weighted by atomic mass is 10.2. The molecule has 0 aromatic carbocycles. The zero-order chi connectivity index (χ0) is 17.1. The maximum absolute atomic E-state index is 12.4. The van der Waals surface area contributed by atoms with Gasteiger partial charge in [0.1, 0.15) is 16.4 Å². The Morgan fingerprint density at radius 2 is 2.22 bits per heavy atom. The van der Waals surface area contributed by atoms with E-state index in [1.807, 2.05) is 0 Å². The van der Waals surface area contributed by atoms with E-state index in [9.17, 15) is 14.4 Å². The van der Waals surface area contributed by atoms with E-state index in [4.69, 9.17) is 27.8 Å². The molecule has 0 bridgehead atoms. The van der Waals surface area contributed by atoms with Crippen molar-refractivity contribution in [1.82, 2.24) is 9.88 Å². The van der Waals surface area contributed by atoms with Crippen LogP contribution >= 0.6 is 35.3 Å². The molecule has 1 aliphatic heterocycles. The number of hydrogen-bond acceptors (Lipinski definition) is 9. The van der Waals surface area contributed by atoms with E-state index in [0.717, 1.165) is 28.0 Å². The number of carbonyl (C=O) groups excluding carboxylic acids is 2. The summed E-state index contributed by atoms with van der Waals surface area (Å²) in [4.78, 5) is 40.4. The smallest absolute Gasteiger partial charge is 0.341 e. The average molecular weight is 373 g/mol. The van der Waals surface area contributed by atoms with Crippen molar-refractivity contribution in [3.05, 3.63) is 16.0 Å². The van der Waals surface area contributed by atoms with Crippen LogP contribution in [0, 0.1) is 0 Å². The summed E-state index contributed by atoms with van der Waals surface area (Å²) in [6, 6.07) is 0. The van der Waals surface area contributed by atoms with Gasteiger partial charge in [-0.05, 0) is 6.92 Å². The quantitative estimate of drug-likeness (QED) is 0.441. The van der Waals surface area contributed by atoms with Crippen molar-refractivity contribution in [3.63, 3.8) is 0 Å². The summed E-state index contributed by atoms with van der Waals surface area (Å²) in [6.07, 6.45) is 0. The number of aliphatic carboxylic acids is 1. The van der Waals surface area contributed by atoms with Crippen molar-refractivity contribution in [3.8, 4) is 0 Å². The van der Waals surface area contributed by atoms with Gasteiger partial charge in [-0.2, -0.15) is 0 Å². The summed E-state index contributed by atoms with van der Waals surface area (Å²) < 4.78 is 5.02. The molecule has 11 heteroatoms. The topological polar surface area (TPSA) is 123 Å². The lowest BCUT2D eigenvalue weighted by molar-refractivity contribution is -0.140. The highest BCUT2D eigenvalue weighted by Gasteiger charge is 2.38. The fourth-order valence-electron chi connectivity index (χ4n) is 1.74. The molecule has 23 heavy (non-hydrogen) atoms. The van der Waals surface area contributed by atoms with Crippen molar-refractivity contribution in [1.29, 1.82) is 0 Å². The van der Waals surface area contributed by atoms with Crippen molar-refractivity contribution < 1.29 is 24.2 Å². The minimum Gasteiger partial charge on any atom is -0.480 e. The lowest BCUT2D eigenvalue weighted by Gasteiger charge is -2.11. The van der Waals surface area contributed by atoms with Crippen LogP contribution in [0.1, 0.15) is 12.6 Å². The van der Waals surface area contributed by atoms with Gasteiger partial charge in [-0.25, -0.2) is 9.78 Å². The summed E-state index contributed by atoms with van der Waals surface area (Å²) in [6.45, 7) is 1.15. The first-order chi connectivity index (χ1) is 10.8. The number of thioether (sulfide) groups is 1. The SMILES string of the molecule is CCOC(=O)C(=C1SC(=S)N(CC(=O)O)C1=O)c1csc(N)n1. The summed E-state index contributed by atoms with van der Waals surface area (Å²) >= 11 is 6.96. The Kier molecular flexibility index (Phi) is 5.34. The van der Waals surface area contributed by atoms with Crippen LogP contribution in [0.15, 0.2) is 10.3 Å². The minimum absolute atomic E-state index is 0.0139. The van der Waals surface area contributed by atoms with Gasteiger partial charge in [0.05, 0.1) is 17.2 Å². The molecule has 8 nitrogen and oxygen atoms in total. The molecule has 0 atom stereocenters. The number of carboxylic acids is 1. The Bertz CT molecular complexity index is 727. The predicted molar refractivity (Wildman–Crippen MR) is 89.6 cm³/mol. The number of carbonyl (C=O) groups is 3. The molecule has 1 aliphatic rings. The number of amides is 1. The molecule has 3 N–H and O–H groups in total. The zero-order valence-corrected chi connectivity index (χ0v) is 14.2. The largest absolute Gasteiger partial charge is 0.480 e. The fraction of sp³-hybridized carbons (Fsp3) is 0.250. The second kappa shape index (κ2) is 7.06. The van der Waals surface area contributed by atoms with Crippen LogP contribution in [-0.2, 0) is 19.1 Å². The standard InChI is InChI=1S/C12H11N3O5S3/c1-2-20-10(19)7(5-4-22-11(13)14-5)8-9(18)15(3-6(16)17)12(21)23-8/h4H,2-3H2,1H3,(H2,13,14)(H,16,17). The summed E-state index contributed by atoms with van der Waals surface area (Å²) in [5, 5.41) is 10.6. The number of aromatic nitrogens is 1. The van der Waals surface area contributed by atoms with E-state index >= 15 is 0 Å². The average Bonchev–Trinajstić information content (AvgIpc) is 2.99. The maximum atomic E-state index is 12.4. The number of rotatable bonds is 5. The van der Waals surface area contributed by atoms with Gasteiger partial charge in [0.25, 0.3) is 5.91 Å².